The van der Waals surface area contributed by atoms with Gasteiger partial charge in [0, 0.05) is 12.6 Å². The Hall–Kier alpha value is -2.20. The van der Waals surface area contributed by atoms with E-state index in [0.717, 1.165) is 11.0 Å². The van der Waals surface area contributed by atoms with Gasteiger partial charge in [0.2, 0.25) is 0 Å². The van der Waals surface area contributed by atoms with Crippen LogP contribution in [0.5, 0.6) is 0 Å². The number of aryl methyl sites for hydroxylation is 1. The highest BCUT2D eigenvalue weighted by Gasteiger charge is 2.19. The van der Waals surface area contributed by atoms with Crippen molar-refractivity contribution in [2.75, 3.05) is 0 Å². The van der Waals surface area contributed by atoms with Crippen LogP contribution >= 0.6 is 0 Å². The molecule has 96 valence electrons. The molecule has 3 aromatic rings. The molecule has 0 bridgehead atoms. The number of rotatable bonds is 2. The van der Waals surface area contributed by atoms with Gasteiger partial charge in [0.1, 0.15) is 11.6 Å². The van der Waals surface area contributed by atoms with Crippen LogP contribution in [0.25, 0.3) is 11.0 Å². The molecule has 0 fully saturated rings. The van der Waals surface area contributed by atoms with E-state index in [-0.39, 0.29) is 5.82 Å². The lowest BCUT2D eigenvalue weighted by Crippen LogP contribution is -2.17. The van der Waals surface area contributed by atoms with Crippen LogP contribution in [0.4, 0.5) is 4.39 Å². The topological polar surface area (TPSA) is 43.8 Å². The number of nitrogens with two attached hydrogens (primary N) is 1. The molecule has 3 nitrogen and oxygen atoms in total. The Morgan fingerprint density at radius 2 is 1.79 bits per heavy atom. The van der Waals surface area contributed by atoms with E-state index in [1.165, 1.54) is 6.07 Å². The molecule has 3 rings (SSSR count). The summed E-state index contributed by atoms with van der Waals surface area (Å²) in [6, 6.07) is 13.7. The number of imidazole rings is 1. The minimum Gasteiger partial charge on any atom is -0.330 e. The number of fused-ring (bicyclic) bond motifs is 1. The molecule has 0 spiro atoms. The lowest BCUT2D eigenvalue weighted by atomic mass is 10.1. The van der Waals surface area contributed by atoms with Gasteiger partial charge in [-0.15, -0.1) is 0 Å². The maximum Gasteiger partial charge on any atom is 0.131 e. The molecule has 1 heterocycles. The maximum atomic E-state index is 13.8. The van der Waals surface area contributed by atoms with Crippen LogP contribution in [0.15, 0.2) is 48.5 Å². The highest BCUT2D eigenvalue weighted by Crippen LogP contribution is 2.24. The van der Waals surface area contributed by atoms with Crippen molar-refractivity contribution in [1.82, 2.24) is 9.55 Å². The summed E-state index contributed by atoms with van der Waals surface area (Å²) in [6.07, 6.45) is 0. The zero-order valence-corrected chi connectivity index (χ0v) is 10.5. The van der Waals surface area contributed by atoms with Gasteiger partial charge in [-0.2, -0.15) is 0 Å². The first kappa shape index (κ1) is 11.9. The molecule has 1 atom stereocenters. The second-order valence-electron chi connectivity index (χ2n) is 4.52. The Morgan fingerprint density at radius 3 is 2.53 bits per heavy atom. The molecule has 0 radical (unpaired) electrons. The van der Waals surface area contributed by atoms with E-state index in [4.69, 9.17) is 5.73 Å². The fourth-order valence-electron chi connectivity index (χ4n) is 2.31. The Morgan fingerprint density at radius 1 is 1.11 bits per heavy atom. The van der Waals surface area contributed by atoms with Crippen molar-refractivity contribution >= 4 is 11.0 Å². The number of nitrogens with zero attached hydrogens (tertiary/aromatic N) is 2. The first-order chi connectivity index (χ1) is 9.18. The number of para-hydroxylation sites is 2. The highest BCUT2D eigenvalue weighted by atomic mass is 19.1. The van der Waals surface area contributed by atoms with E-state index in [9.17, 15) is 4.39 Å². The van der Waals surface area contributed by atoms with Gasteiger partial charge in [-0.1, -0.05) is 30.3 Å². The molecule has 0 saturated carbocycles. The molecule has 1 unspecified atom stereocenters. The molecule has 2 aromatic carbocycles. The summed E-state index contributed by atoms with van der Waals surface area (Å²) in [5.74, 6) is 0.355. The minimum absolute atomic E-state index is 0.304. The van der Waals surface area contributed by atoms with Crippen molar-refractivity contribution in [3.8, 4) is 0 Å². The lowest BCUT2D eigenvalue weighted by Gasteiger charge is -2.12. The third kappa shape index (κ3) is 1.90. The third-order valence-corrected chi connectivity index (χ3v) is 3.34. The number of aromatic nitrogens is 2. The average molecular weight is 255 g/mol. The molecule has 1 aromatic heterocycles. The standard InChI is InChI=1S/C15H14FN3/c1-19-13-9-5-4-8-12(13)18-15(19)14(17)10-6-2-3-7-11(10)16/h2-9,14H,17H2,1H3. The first-order valence-corrected chi connectivity index (χ1v) is 6.10. The molecule has 0 aliphatic rings. The predicted molar refractivity (Wildman–Crippen MR) is 73.1 cm³/mol. The summed E-state index contributed by atoms with van der Waals surface area (Å²) in [7, 11) is 1.89. The van der Waals surface area contributed by atoms with E-state index in [2.05, 4.69) is 4.98 Å². The van der Waals surface area contributed by atoms with Gasteiger partial charge in [0.05, 0.1) is 17.1 Å². The van der Waals surface area contributed by atoms with Gasteiger partial charge < -0.3 is 10.3 Å². The van der Waals surface area contributed by atoms with Crippen molar-refractivity contribution < 1.29 is 4.39 Å². The highest BCUT2D eigenvalue weighted by molar-refractivity contribution is 5.76. The summed E-state index contributed by atoms with van der Waals surface area (Å²) in [5.41, 5.74) is 8.48. The Balaban J connectivity index is 2.14. The van der Waals surface area contributed by atoms with Crippen LogP contribution in [-0.2, 0) is 7.05 Å². The molecule has 0 saturated heterocycles. The normalized spacial score (nSPS) is 12.8. The van der Waals surface area contributed by atoms with E-state index in [1.54, 1.807) is 18.2 Å². The second kappa shape index (κ2) is 4.48. The summed E-state index contributed by atoms with van der Waals surface area (Å²) in [5, 5.41) is 0. The van der Waals surface area contributed by atoms with Crippen molar-refractivity contribution in [3.63, 3.8) is 0 Å². The lowest BCUT2D eigenvalue weighted by molar-refractivity contribution is 0.589. The number of hydrogen-bond acceptors (Lipinski definition) is 2. The SMILES string of the molecule is Cn1c(C(N)c2ccccc2F)nc2ccccc21. The molecular weight excluding hydrogens is 241 g/mol. The molecule has 2 N–H and O–H groups in total. The first-order valence-electron chi connectivity index (χ1n) is 6.10. The van der Waals surface area contributed by atoms with Crippen molar-refractivity contribution in [2.24, 2.45) is 12.8 Å². The van der Waals surface area contributed by atoms with Crippen LogP contribution in [0, 0.1) is 5.82 Å². The van der Waals surface area contributed by atoms with Crippen molar-refractivity contribution in [2.45, 2.75) is 6.04 Å². The number of hydrogen-bond donors (Lipinski definition) is 1. The van der Waals surface area contributed by atoms with Crippen molar-refractivity contribution in [3.05, 3.63) is 65.7 Å². The van der Waals surface area contributed by atoms with Gasteiger partial charge in [0.25, 0.3) is 0 Å². The van der Waals surface area contributed by atoms with Gasteiger partial charge in [-0.25, -0.2) is 9.37 Å². The van der Waals surface area contributed by atoms with E-state index >= 15 is 0 Å². The van der Waals surface area contributed by atoms with Crippen LogP contribution in [0.1, 0.15) is 17.4 Å². The molecule has 0 aliphatic carbocycles. The van der Waals surface area contributed by atoms with E-state index in [1.807, 2.05) is 35.9 Å². The summed E-state index contributed by atoms with van der Waals surface area (Å²) < 4.78 is 15.7. The molecule has 0 amide bonds. The largest absolute Gasteiger partial charge is 0.330 e. The van der Waals surface area contributed by atoms with Gasteiger partial charge in [-0.3, -0.25) is 0 Å². The van der Waals surface area contributed by atoms with E-state index < -0.39 is 6.04 Å². The predicted octanol–water partition coefficient (Wildman–Crippen LogP) is 2.76. The number of halogens is 1. The zero-order valence-electron chi connectivity index (χ0n) is 10.5. The van der Waals surface area contributed by atoms with Crippen LogP contribution in [-0.4, -0.2) is 9.55 Å². The Kier molecular flexibility index (Phi) is 2.80. The van der Waals surface area contributed by atoms with E-state index in [0.29, 0.717) is 11.4 Å². The van der Waals surface area contributed by atoms with Crippen LogP contribution in [0.3, 0.4) is 0 Å². The van der Waals surface area contributed by atoms with Crippen LogP contribution < -0.4 is 5.73 Å². The molecule has 19 heavy (non-hydrogen) atoms. The fourth-order valence-corrected chi connectivity index (χ4v) is 2.31. The monoisotopic (exact) mass is 255 g/mol. The van der Waals surface area contributed by atoms with Gasteiger partial charge in [0.15, 0.2) is 0 Å². The summed E-state index contributed by atoms with van der Waals surface area (Å²) in [4.78, 5) is 4.50. The molecular formula is C15H14FN3. The second-order valence-corrected chi connectivity index (χ2v) is 4.52. The fraction of sp³-hybridized carbons (Fsp3) is 0.133. The summed E-state index contributed by atoms with van der Waals surface area (Å²) >= 11 is 0. The van der Waals surface area contributed by atoms with Gasteiger partial charge in [-0.05, 0) is 18.2 Å². The van der Waals surface area contributed by atoms with Gasteiger partial charge >= 0.3 is 0 Å². The molecule has 4 heteroatoms. The summed E-state index contributed by atoms with van der Waals surface area (Å²) in [6.45, 7) is 0. The Labute approximate surface area is 110 Å². The molecule has 0 aliphatic heterocycles. The van der Waals surface area contributed by atoms with Crippen LogP contribution in [0.2, 0.25) is 0 Å². The van der Waals surface area contributed by atoms with Crippen molar-refractivity contribution in [1.29, 1.82) is 0 Å². The zero-order chi connectivity index (χ0) is 13.4. The third-order valence-electron chi connectivity index (χ3n) is 3.34. The maximum absolute atomic E-state index is 13.8. The minimum atomic E-state index is -0.571. The number of benzene rings is 2. The smallest absolute Gasteiger partial charge is 0.131 e. The average Bonchev–Trinajstić information content (AvgIpc) is 2.77. The Bertz CT molecular complexity index is 733. The quantitative estimate of drug-likeness (QED) is 0.765.